The van der Waals surface area contributed by atoms with E-state index in [0.717, 1.165) is 23.7 Å². The summed E-state index contributed by atoms with van der Waals surface area (Å²) < 4.78 is 0. The lowest BCUT2D eigenvalue weighted by molar-refractivity contribution is 0.202. The van der Waals surface area contributed by atoms with Gasteiger partial charge < -0.3 is 0 Å². The Balaban J connectivity index is 2.53. The normalized spacial score (nSPS) is 52.5. The highest BCUT2D eigenvalue weighted by Crippen LogP contribution is 2.69. The van der Waals surface area contributed by atoms with E-state index in [-0.39, 0.29) is 0 Å². The molecule has 0 nitrogen and oxygen atoms in total. The summed E-state index contributed by atoms with van der Waals surface area (Å²) in [5.74, 6) is 3.89. The van der Waals surface area contributed by atoms with E-state index in [1.807, 2.05) is 0 Å². The molecule has 2 saturated carbocycles. The molecule has 0 spiro atoms. The highest BCUT2D eigenvalue weighted by molar-refractivity contribution is 5.34. The van der Waals surface area contributed by atoms with E-state index >= 15 is 0 Å². The van der Waals surface area contributed by atoms with Crippen molar-refractivity contribution >= 4 is 0 Å². The first-order chi connectivity index (χ1) is 7.37. The van der Waals surface area contributed by atoms with Crippen molar-refractivity contribution in [2.45, 2.75) is 41.5 Å². The Morgan fingerprint density at radius 3 is 2.31 bits per heavy atom. The zero-order valence-corrected chi connectivity index (χ0v) is 11.7. The van der Waals surface area contributed by atoms with E-state index in [0.29, 0.717) is 11.3 Å². The molecule has 0 radical (unpaired) electrons. The van der Waals surface area contributed by atoms with Crippen LogP contribution in [0.1, 0.15) is 41.5 Å². The van der Waals surface area contributed by atoms with Crippen molar-refractivity contribution in [2.24, 2.45) is 35.0 Å². The molecule has 2 fully saturated rings. The molecule has 2 aliphatic carbocycles. The van der Waals surface area contributed by atoms with Crippen LogP contribution in [-0.2, 0) is 0 Å². The Bertz CT molecular complexity index is 349. The van der Waals surface area contributed by atoms with Gasteiger partial charge in [-0.05, 0) is 48.9 Å². The molecule has 0 amide bonds. The van der Waals surface area contributed by atoms with Crippen LogP contribution in [0, 0.1) is 35.0 Å². The maximum atomic E-state index is 4.41. The Labute approximate surface area is 101 Å². The van der Waals surface area contributed by atoms with Gasteiger partial charge in [-0.25, -0.2) is 0 Å². The number of hydrogen-bond acceptors (Lipinski definition) is 0. The molecule has 0 aromatic carbocycles. The molecule has 16 heavy (non-hydrogen) atoms. The zero-order valence-electron chi connectivity index (χ0n) is 11.7. The molecule has 0 heteroatoms. The first kappa shape index (κ1) is 12.0. The highest BCUT2D eigenvalue weighted by Gasteiger charge is 2.63. The molecule has 0 saturated heterocycles. The molecular formula is C16H26. The summed E-state index contributed by atoms with van der Waals surface area (Å²) in [4.78, 5) is 0. The molecule has 0 N–H and O–H groups in total. The number of allylic oxidation sites excluding steroid dienone is 3. The second-order valence-electron chi connectivity index (χ2n) is 6.33. The Kier molecular flexibility index (Phi) is 2.60. The first-order valence-corrected chi connectivity index (χ1v) is 6.69. The minimum atomic E-state index is 0.347. The SMILES string of the molecule is C=C1[C@H](C)[C@@H]2[C@@H](C)[C@H](C)[C@@]1(C)[C@@H]2/C(C)=C/C. The van der Waals surface area contributed by atoms with E-state index < -0.39 is 0 Å². The smallest absolute Gasteiger partial charge is 0.00198 e. The number of fused-ring (bicyclic) bond motifs is 2. The van der Waals surface area contributed by atoms with Crippen LogP contribution in [0.3, 0.4) is 0 Å². The van der Waals surface area contributed by atoms with Crippen LogP contribution >= 0.6 is 0 Å². The molecule has 0 aromatic rings. The van der Waals surface area contributed by atoms with E-state index in [4.69, 9.17) is 0 Å². The van der Waals surface area contributed by atoms with Crippen LogP contribution in [-0.4, -0.2) is 0 Å². The summed E-state index contributed by atoms with van der Waals surface area (Å²) >= 11 is 0. The summed E-state index contributed by atoms with van der Waals surface area (Å²) in [6.45, 7) is 18.6. The topological polar surface area (TPSA) is 0 Å². The van der Waals surface area contributed by atoms with Crippen LogP contribution in [0.2, 0.25) is 0 Å². The third-order valence-corrected chi connectivity index (χ3v) is 6.14. The van der Waals surface area contributed by atoms with Gasteiger partial charge in [-0.1, -0.05) is 51.5 Å². The summed E-state index contributed by atoms with van der Waals surface area (Å²) in [5, 5.41) is 0. The average Bonchev–Trinajstić information content (AvgIpc) is 2.59. The van der Waals surface area contributed by atoms with Crippen LogP contribution in [0.5, 0.6) is 0 Å². The van der Waals surface area contributed by atoms with Crippen LogP contribution < -0.4 is 0 Å². The fraction of sp³-hybridized carbons (Fsp3) is 0.750. The van der Waals surface area contributed by atoms with Gasteiger partial charge in [-0.2, -0.15) is 0 Å². The van der Waals surface area contributed by atoms with Gasteiger partial charge in [0.05, 0.1) is 0 Å². The molecule has 90 valence electrons. The monoisotopic (exact) mass is 218 g/mol. The van der Waals surface area contributed by atoms with Crippen molar-refractivity contribution in [3.05, 3.63) is 23.8 Å². The van der Waals surface area contributed by atoms with Gasteiger partial charge >= 0.3 is 0 Å². The standard InChI is InChI=1S/C16H26/c1-8-9(2)15-14-10(3)12(5)16(15,7)13(6)11(14)4/h8,10-11,13-15H,5H2,1-4,6-7H3/b9-8+/t10-,11-,13-,14+,15+,16-/m0/s1. The lowest BCUT2D eigenvalue weighted by Crippen LogP contribution is -2.31. The van der Waals surface area contributed by atoms with Gasteiger partial charge in [-0.3, -0.25) is 0 Å². The van der Waals surface area contributed by atoms with Crippen molar-refractivity contribution in [2.75, 3.05) is 0 Å². The summed E-state index contributed by atoms with van der Waals surface area (Å²) in [6.07, 6.45) is 2.31. The quantitative estimate of drug-likeness (QED) is 0.560. The van der Waals surface area contributed by atoms with Gasteiger partial charge in [0.25, 0.3) is 0 Å². The van der Waals surface area contributed by atoms with Crippen molar-refractivity contribution in [1.82, 2.24) is 0 Å². The molecule has 6 atom stereocenters. The molecule has 2 bridgehead atoms. The lowest BCUT2D eigenvalue weighted by atomic mass is 9.66. The molecule has 2 aliphatic rings. The Hall–Kier alpha value is -0.520. The van der Waals surface area contributed by atoms with Gasteiger partial charge in [0.15, 0.2) is 0 Å². The van der Waals surface area contributed by atoms with Crippen molar-refractivity contribution in [1.29, 1.82) is 0 Å². The summed E-state index contributed by atoms with van der Waals surface area (Å²) in [6, 6.07) is 0. The largest absolute Gasteiger partial charge is 0.0990 e. The molecule has 0 aromatic heterocycles. The van der Waals surface area contributed by atoms with Gasteiger partial charge in [0, 0.05) is 0 Å². The van der Waals surface area contributed by atoms with Crippen molar-refractivity contribution in [3.8, 4) is 0 Å². The third-order valence-electron chi connectivity index (χ3n) is 6.14. The molecule has 0 heterocycles. The van der Waals surface area contributed by atoms with Gasteiger partial charge in [-0.15, -0.1) is 0 Å². The molecular weight excluding hydrogens is 192 g/mol. The summed E-state index contributed by atoms with van der Waals surface area (Å²) in [5.41, 5.74) is 3.43. The van der Waals surface area contributed by atoms with E-state index in [1.54, 1.807) is 5.57 Å². The number of rotatable bonds is 1. The van der Waals surface area contributed by atoms with E-state index in [2.05, 4.69) is 54.2 Å². The molecule has 0 unspecified atom stereocenters. The average molecular weight is 218 g/mol. The van der Waals surface area contributed by atoms with E-state index in [1.165, 1.54) is 5.57 Å². The Morgan fingerprint density at radius 1 is 1.31 bits per heavy atom. The van der Waals surface area contributed by atoms with Crippen molar-refractivity contribution < 1.29 is 0 Å². The van der Waals surface area contributed by atoms with Crippen LogP contribution in [0.4, 0.5) is 0 Å². The molecule has 0 aliphatic heterocycles. The second-order valence-corrected chi connectivity index (χ2v) is 6.33. The van der Waals surface area contributed by atoms with Gasteiger partial charge in [0.1, 0.15) is 0 Å². The van der Waals surface area contributed by atoms with Crippen molar-refractivity contribution in [3.63, 3.8) is 0 Å². The maximum absolute atomic E-state index is 4.41. The van der Waals surface area contributed by atoms with Crippen LogP contribution in [0.25, 0.3) is 0 Å². The minimum absolute atomic E-state index is 0.347. The third kappa shape index (κ3) is 1.11. The molecule has 2 rings (SSSR count). The highest BCUT2D eigenvalue weighted by atomic mass is 14.7. The van der Waals surface area contributed by atoms with Gasteiger partial charge in [0.2, 0.25) is 0 Å². The fourth-order valence-corrected chi connectivity index (χ4v) is 4.78. The Morgan fingerprint density at radius 2 is 1.88 bits per heavy atom. The zero-order chi connectivity index (χ0) is 12.2. The predicted octanol–water partition coefficient (Wildman–Crippen LogP) is 4.68. The fourth-order valence-electron chi connectivity index (χ4n) is 4.78. The number of hydrogen-bond donors (Lipinski definition) is 0. The maximum Gasteiger partial charge on any atom is -0.00198 e. The van der Waals surface area contributed by atoms with E-state index in [9.17, 15) is 0 Å². The minimum Gasteiger partial charge on any atom is -0.0990 e. The van der Waals surface area contributed by atoms with Crippen LogP contribution in [0.15, 0.2) is 23.8 Å². The summed E-state index contributed by atoms with van der Waals surface area (Å²) in [7, 11) is 0. The second kappa shape index (κ2) is 3.48. The first-order valence-electron chi connectivity index (χ1n) is 6.69. The predicted molar refractivity (Wildman–Crippen MR) is 71.2 cm³/mol. The lowest BCUT2D eigenvalue weighted by Gasteiger charge is -2.38.